The average molecular weight is 381 g/mol. The highest BCUT2D eigenvalue weighted by Gasteiger charge is 2.35. The second-order valence-corrected chi connectivity index (χ2v) is 5.48. The molecule has 0 atom stereocenters. The van der Waals surface area contributed by atoms with E-state index in [0.29, 0.717) is 5.56 Å². The molecule has 1 aromatic carbocycles. The van der Waals surface area contributed by atoms with Gasteiger partial charge >= 0.3 is 6.18 Å². The number of nitrogens with zero attached hydrogens (tertiary/aromatic N) is 1. The van der Waals surface area contributed by atoms with Gasteiger partial charge in [-0.15, -0.1) is 0 Å². The lowest BCUT2D eigenvalue weighted by molar-refractivity contribution is -0.0957. The molecular formula is C13H11F3INO. The fourth-order valence-electron chi connectivity index (χ4n) is 1.92. The van der Waals surface area contributed by atoms with E-state index in [2.05, 4.69) is 22.6 Å². The fourth-order valence-corrected chi connectivity index (χ4v) is 2.46. The predicted octanol–water partition coefficient (Wildman–Crippen LogP) is 3.63. The molecule has 6 heteroatoms. The van der Waals surface area contributed by atoms with Crippen molar-refractivity contribution in [3.05, 3.63) is 45.0 Å². The van der Waals surface area contributed by atoms with E-state index in [1.54, 1.807) is 18.2 Å². The van der Waals surface area contributed by atoms with Crippen molar-refractivity contribution >= 4 is 28.5 Å². The summed E-state index contributed by atoms with van der Waals surface area (Å²) in [6.07, 6.45) is -3.33. The van der Waals surface area contributed by atoms with Crippen LogP contribution in [0.4, 0.5) is 13.2 Å². The van der Waals surface area contributed by atoms with Crippen molar-refractivity contribution in [1.29, 1.82) is 0 Å². The number of amides is 1. The molecule has 0 N–H and O–H groups in total. The predicted molar refractivity (Wildman–Crippen MR) is 73.8 cm³/mol. The van der Waals surface area contributed by atoms with E-state index < -0.39 is 11.7 Å². The molecule has 1 aliphatic rings. The molecule has 0 radical (unpaired) electrons. The van der Waals surface area contributed by atoms with E-state index >= 15 is 0 Å². The maximum Gasteiger partial charge on any atom is 0.412 e. The van der Waals surface area contributed by atoms with Crippen LogP contribution in [-0.4, -0.2) is 30.1 Å². The first-order valence-electron chi connectivity index (χ1n) is 5.69. The highest BCUT2D eigenvalue weighted by molar-refractivity contribution is 14.1. The number of rotatable bonds is 1. The SMILES string of the molecule is O=C(c1cccc(I)c1)N1CC=C(C(F)(F)F)CC1. The van der Waals surface area contributed by atoms with Gasteiger partial charge in [0.15, 0.2) is 0 Å². The Morgan fingerprint density at radius 1 is 1.32 bits per heavy atom. The molecule has 0 bridgehead atoms. The zero-order chi connectivity index (χ0) is 14.0. The van der Waals surface area contributed by atoms with Crippen LogP contribution in [-0.2, 0) is 0 Å². The minimum atomic E-state index is -4.28. The Morgan fingerprint density at radius 2 is 2.05 bits per heavy atom. The van der Waals surface area contributed by atoms with Crippen LogP contribution in [0.5, 0.6) is 0 Å². The summed E-state index contributed by atoms with van der Waals surface area (Å²) in [5, 5.41) is 0. The molecule has 1 heterocycles. The van der Waals surface area contributed by atoms with Gasteiger partial charge in [-0.3, -0.25) is 4.79 Å². The lowest BCUT2D eigenvalue weighted by Gasteiger charge is -2.27. The maximum atomic E-state index is 12.5. The van der Waals surface area contributed by atoms with Gasteiger partial charge in [-0.25, -0.2) is 0 Å². The van der Waals surface area contributed by atoms with Gasteiger partial charge in [0.1, 0.15) is 0 Å². The molecule has 2 rings (SSSR count). The Bertz CT molecular complexity index is 525. The number of benzene rings is 1. The number of carbonyl (C=O) groups is 1. The largest absolute Gasteiger partial charge is 0.412 e. The summed E-state index contributed by atoms with van der Waals surface area (Å²) in [7, 11) is 0. The van der Waals surface area contributed by atoms with Gasteiger partial charge < -0.3 is 4.90 Å². The van der Waals surface area contributed by atoms with Crippen LogP contribution in [0.15, 0.2) is 35.9 Å². The molecule has 102 valence electrons. The highest BCUT2D eigenvalue weighted by Crippen LogP contribution is 2.30. The molecule has 2 nitrogen and oxygen atoms in total. The van der Waals surface area contributed by atoms with Gasteiger partial charge in [0, 0.05) is 27.8 Å². The van der Waals surface area contributed by atoms with Crippen molar-refractivity contribution in [3.63, 3.8) is 0 Å². The Balaban J connectivity index is 2.10. The third-order valence-corrected chi connectivity index (χ3v) is 3.60. The van der Waals surface area contributed by atoms with Crippen molar-refractivity contribution in [1.82, 2.24) is 4.90 Å². The zero-order valence-corrected chi connectivity index (χ0v) is 12.0. The van der Waals surface area contributed by atoms with Crippen LogP contribution in [0.3, 0.4) is 0 Å². The van der Waals surface area contributed by atoms with Crippen molar-refractivity contribution < 1.29 is 18.0 Å². The number of hydrogen-bond donors (Lipinski definition) is 0. The third-order valence-electron chi connectivity index (χ3n) is 2.93. The molecule has 1 aliphatic heterocycles. The molecule has 19 heavy (non-hydrogen) atoms. The second-order valence-electron chi connectivity index (χ2n) is 4.24. The molecule has 0 unspecified atom stereocenters. The third kappa shape index (κ3) is 3.49. The van der Waals surface area contributed by atoms with Gasteiger partial charge in [-0.1, -0.05) is 12.1 Å². The van der Waals surface area contributed by atoms with Gasteiger partial charge in [0.25, 0.3) is 5.91 Å². The average Bonchev–Trinajstić information content (AvgIpc) is 2.37. The monoisotopic (exact) mass is 381 g/mol. The maximum absolute atomic E-state index is 12.5. The van der Waals surface area contributed by atoms with Crippen LogP contribution >= 0.6 is 22.6 Å². The summed E-state index contributed by atoms with van der Waals surface area (Å²) < 4.78 is 38.3. The summed E-state index contributed by atoms with van der Waals surface area (Å²) >= 11 is 2.09. The van der Waals surface area contributed by atoms with Crippen molar-refractivity contribution in [2.75, 3.05) is 13.1 Å². The molecule has 1 amide bonds. The Kier molecular flexibility index (Phi) is 4.17. The lowest BCUT2D eigenvalue weighted by atomic mass is 10.1. The smallest absolute Gasteiger partial charge is 0.335 e. The molecule has 1 aromatic rings. The van der Waals surface area contributed by atoms with Crippen LogP contribution in [0.2, 0.25) is 0 Å². The Labute approximate surface area is 122 Å². The summed E-state index contributed by atoms with van der Waals surface area (Å²) in [6, 6.07) is 7.02. The van der Waals surface area contributed by atoms with Gasteiger partial charge in [0.2, 0.25) is 0 Å². The minimum absolute atomic E-state index is 0.0130. The molecule has 0 aromatic heterocycles. The van der Waals surface area contributed by atoms with Crippen LogP contribution < -0.4 is 0 Å². The first kappa shape index (κ1) is 14.4. The van der Waals surface area contributed by atoms with Crippen molar-refractivity contribution in [3.8, 4) is 0 Å². The quantitative estimate of drug-likeness (QED) is 0.538. The first-order chi connectivity index (χ1) is 8.88. The lowest BCUT2D eigenvalue weighted by Crippen LogP contribution is -2.36. The minimum Gasteiger partial charge on any atom is -0.335 e. The fraction of sp³-hybridized carbons (Fsp3) is 0.308. The first-order valence-corrected chi connectivity index (χ1v) is 6.77. The zero-order valence-electron chi connectivity index (χ0n) is 9.88. The van der Waals surface area contributed by atoms with Gasteiger partial charge in [-0.2, -0.15) is 13.2 Å². The standard InChI is InChI=1S/C13H11F3INO/c14-13(15,16)10-4-6-18(7-5-10)12(19)9-2-1-3-11(17)8-9/h1-4,8H,5-7H2. The molecule has 0 aliphatic carbocycles. The van der Waals surface area contributed by atoms with E-state index in [4.69, 9.17) is 0 Å². The number of alkyl halides is 3. The van der Waals surface area contributed by atoms with E-state index in [-0.39, 0.29) is 25.4 Å². The van der Waals surface area contributed by atoms with Crippen molar-refractivity contribution in [2.24, 2.45) is 0 Å². The second kappa shape index (κ2) is 5.52. The van der Waals surface area contributed by atoms with E-state index in [1.165, 1.54) is 4.90 Å². The number of halogens is 4. The van der Waals surface area contributed by atoms with E-state index in [1.807, 2.05) is 6.07 Å². The van der Waals surface area contributed by atoms with E-state index in [0.717, 1.165) is 9.65 Å². The topological polar surface area (TPSA) is 20.3 Å². The summed E-state index contributed by atoms with van der Waals surface area (Å²) in [5.41, 5.74) is -0.0325. The molecule has 0 fully saturated rings. The summed E-state index contributed by atoms with van der Waals surface area (Å²) in [4.78, 5) is 13.6. The van der Waals surface area contributed by atoms with E-state index in [9.17, 15) is 18.0 Å². The normalized spacial score (nSPS) is 16.2. The Hall–Kier alpha value is -1.05. The van der Waals surface area contributed by atoms with Crippen LogP contribution in [0.25, 0.3) is 0 Å². The van der Waals surface area contributed by atoms with Crippen molar-refractivity contribution in [2.45, 2.75) is 12.6 Å². The Morgan fingerprint density at radius 3 is 2.58 bits per heavy atom. The van der Waals surface area contributed by atoms with Crippen LogP contribution in [0, 0.1) is 3.57 Å². The number of hydrogen-bond acceptors (Lipinski definition) is 1. The summed E-state index contributed by atoms with van der Waals surface area (Å²) in [5.74, 6) is -0.226. The van der Waals surface area contributed by atoms with Gasteiger partial charge in [0.05, 0.1) is 0 Å². The molecule has 0 spiro atoms. The number of carbonyl (C=O) groups excluding carboxylic acids is 1. The summed E-state index contributed by atoms with van der Waals surface area (Å²) in [6.45, 7) is 0.120. The molecule has 0 saturated heterocycles. The van der Waals surface area contributed by atoms with Gasteiger partial charge in [-0.05, 0) is 47.2 Å². The highest BCUT2D eigenvalue weighted by atomic mass is 127. The molecular weight excluding hydrogens is 370 g/mol. The van der Waals surface area contributed by atoms with Crippen LogP contribution in [0.1, 0.15) is 16.8 Å². The molecule has 0 saturated carbocycles.